The molecule has 1 aliphatic heterocycles. The predicted molar refractivity (Wildman–Crippen MR) is 88.1 cm³/mol. The Hall–Kier alpha value is -1.48. The van der Waals surface area contributed by atoms with Gasteiger partial charge in [0, 0.05) is 6.54 Å². The molecule has 116 valence electrons. The summed E-state index contributed by atoms with van der Waals surface area (Å²) in [5.74, 6) is 1.64. The van der Waals surface area contributed by atoms with Crippen LogP contribution in [-0.4, -0.2) is 38.3 Å². The van der Waals surface area contributed by atoms with Crippen LogP contribution in [0.4, 0.5) is 0 Å². The second-order valence-corrected chi connectivity index (χ2v) is 5.51. The second-order valence-electron chi connectivity index (χ2n) is 5.51. The van der Waals surface area contributed by atoms with Gasteiger partial charge in [0.25, 0.3) is 0 Å². The molecule has 0 spiro atoms. The van der Waals surface area contributed by atoms with Gasteiger partial charge in [0.15, 0.2) is 11.5 Å². The first-order valence-electron chi connectivity index (χ1n) is 7.99. The summed E-state index contributed by atoms with van der Waals surface area (Å²) in [4.78, 5) is 2.51. The van der Waals surface area contributed by atoms with Crippen LogP contribution in [0.1, 0.15) is 38.2 Å². The van der Waals surface area contributed by atoms with Gasteiger partial charge < -0.3 is 9.47 Å². The summed E-state index contributed by atoms with van der Waals surface area (Å²) >= 11 is 0. The van der Waals surface area contributed by atoms with Crippen LogP contribution >= 0.6 is 0 Å². The molecular weight excluding hydrogens is 262 g/mol. The molecule has 0 aliphatic carbocycles. The molecule has 1 aliphatic rings. The number of methoxy groups -OCH3 is 1. The van der Waals surface area contributed by atoms with Crippen molar-refractivity contribution < 1.29 is 9.47 Å². The molecule has 1 heterocycles. The fourth-order valence-electron chi connectivity index (χ4n) is 2.74. The third kappa shape index (κ3) is 5.09. The number of benzene rings is 1. The van der Waals surface area contributed by atoms with Crippen LogP contribution in [-0.2, 0) is 0 Å². The highest BCUT2D eigenvalue weighted by molar-refractivity contribution is 5.55. The van der Waals surface area contributed by atoms with Gasteiger partial charge in [-0.25, -0.2) is 0 Å². The summed E-state index contributed by atoms with van der Waals surface area (Å²) < 4.78 is 11.3. The standard InChI is InChI=1S/C18H27NO2/c1-3-8-16-9-10-17(18(15-16)20-2)21-14-13-19-11-6-4-5-7-12-19/h3,8-10,15H,4-7,11-14H2,1-2H3. The molecule has 3 heteroatoms. The van der Waals surface area contributed by atoms with Gasteiger partial charge in [0.2, 0.25) is 0 Å². The van der Waals surface area contributed by atoms with E-state index >= 15 is 0 Å². The molecule has 2 rings (SSSR count). The maximum atomic E-state index is 5.91. The zero-order valence-corrected chi connectivity index (χ0v) is 13.3. The van der Waals surface area contributed by atoms with Crippen LogP contribution in [0.25, 0.3) is 6.08 Å². The molecule has 0 amide bonds. The number of ether oxygens (including phenoxy) is 2. The van der Waals surface area contributed by atoms with Crippen molar-refractivity contribution in [3.63, 3.8) is 0 Å². The van der Waals surface area contributed by atoms with Crippen molar-refractivity contribution in [3.05, 3.63) is 29.8 Å². The number of hydrogen-bond donors (Lipinski definition) is 0. The van der Waals surface area contributed by atoms with Gasteiger partial charge in [0.05, 0.1) is 7.11 Å². The lowest BCUT2D eigenvalue weighted by atomic mass is 10.2. The van der Waals surface area contributed by atoms with E-state index in [-0.39, 0.29) is 0 Å². The fourth-order valence-corrected chi connectivity index (χ4v) is 2.74. The zero-order valence-electron chi connectivity index (χ0n) is 13.3. The molecule has 1 fully saturated rings. The van der Waals surface area contributed by atoms with Crippen molar-refractivity contribution in [2.75, 3.05) is 33.4 Å². The molecule has 0 bridgehead atoms. The summed E-state index contributed by atoms with van der Waals surface area (Å²) in [6.07, 6.45) is 9.47. The quantitative estimate of drug-likeness (QED) is 0.790. The lowest BCUT2D eigenvalue weighted by molar-refractivity contribution is 0.209. The van der Waals surface area contributed by atoms with Gasteiger partial charge in [-0.05, 0) is 50.6 Å². The van der Waals surface area contributed by atoms with Crippen molar-refractivity contribution in [2.45, 2.75) is 32.6 Å². The molecule has 0 aromatic heterocycles. The second kappa shape index (κ2) is 8.73. The summed E-state index contributed by atoms with van der Waals surface area (Å²) in [6.45, 7) is 6.15. The van der Waals surface area contributed by atoms with Gasteiger partial charge in [-0.15, -0.1) is 0 Å². The highest BCUT2D eigenvalue weighted by atomic mass is 16.5. The van der Waals surface area contributed by atoms with E-state index in [0.29, 0.717) is 0 Å². The van der Waals surface area contributed by atoms with Gasteiger partial charge in [-0.1, -0.05) is 31.1 Å². The van der Waals surface area contributed by atoms with E-state index in [4.69, 9.17) is 9.47 Å². The lowest BCUT2D eigenvalue weighted by Crippen LogP contribution is -2.29. The average molecular weight is 289 g/mol. The average Bonchev–Trinajstić information content (AvgIpc) is 2.77. The van der Waals surface area contributed by atoms with Crippen molar-refractivity contribution in [1.29, 1.82) is 0 Å². The molecule has 3 nitrogen and oxygen atoms in total. The van der Waals surface area contributed by atoms with E-state index in [1.54, 1.807) is 7.11 Å². The molecule has 0 N–H and O–H groups in total. The first-order chi connectivity index (χ1) is 10.3. The van der Waals surface area contributed by atoms with Crippen LogP contribution in [0.5, 0.6) is 11.5 Å². The van der Waals surface area contributed by atoms with E-state index in [2.05, 4.69) is 17.0 Å². The number of nitrogens with zero attached hydrogens (tertiary/aromatic N) is 1. The maximum absolute atomic E-state index is 5.91. The summed E-state index contributed by atoms with van der Waals surface area (Å²) in [5, 5.41) is 0. The minimum absolute atomic E-state index is 0.722. The predicted octanol–water partition coefficient (Wildman–Crippen LogP) is 3.98. The lowest BCUT2D eigenvalue weighted by Gasteiger charge is -2.20. The van der Waals surface area contributed by atoms with E-state index in [0.717, 1.165) is 30.2 Å². The van der Waals surface area contributed by atoms with Gasteiger partial charge in [-0.2, -0.15) is 0 Å². The summed E-state index contributed by atoms with van der Waals surface area (Å²) in [6, 6.07) is 6.07. The molecular formula is C18H27NO2. The zero-order chi connectivity index (χ0) is 14.9. The molecule has 1 saturated heterocycles. The van der Waals surface area contributed by atoms with E-state index in [9.17, 15) is 0 Å². The van der Waals surface area contributed by atoms with Crippen LogP contribution in [0.3, 0.4) is 0 Å². The van der Waals surface area contributed by atoms with E-state index in [1.165, 1.54) is 38.8 Å². The molecule has 1 aromatic carbocycles. The smallest absolute Gasteiger partial charge is 0.161 e. The monoisotopic (exact) mass is 289 g/mol. The third-order valence-corrected chi connectivity index (χ3v) is 3.91. The van der Waals surface area contributed by atoms with Crippen LogP contribution in [0.15, 0.2) is 24.3 Å². The van der Waals surface area contributed by atoms with Gasteiger partial charge in [0.1, 0.15) is 6.61 Å². The Bertz CT molecular complexity index is 449. The maximum Gasteiger partial charge on any atom is 0.161 e. The highest BCUT2D eigenvalue weighted by Gasteiger charge is 2.10. The van der Waals surface area contributed by atoms with Crippen LogP contribution in [0, 0.1) is 0 Å². The van der Waals surface area contributed by atoms with Crippen molar-refractivity contribution in [2.24, 2.45) is 0 Å². The minimum Gasteiger partial charge on any atom is -0.493 e. The molecule has 0 atom stereocenters. The van der Waals surface area contributed by atoms with E-state index in [1.807, 2.05) is 25.1 Å². The molecule has 21 heavy (non-hydrogen) atoms. The summed E-state index contributed by atoms with van der Waals surface area (Å²) in [5.41, 5.74) is 1.13. The van der Waals surface area contributed by atoms with Crippen molar-refractivity contribution >= 4 is 6.08 Å². The number of allylic oxidation sites excluding steroid dienone is 1. The largest absolute Gasteiger partial charge is 0.493 e. The number of likely N-dealkylation sites (tertiary alicyclic amines) is 1. The third-order valence-electron chi connectivity index (χ3n) is 3.91. The van der Waals surface area contributed by atoms with Gasteiger partial charge >= 0.3 is 0 Å². The van der Waals surface area contributed by atoms with Crippen LogP contribution in [0.2, 0.25) is 0 Å². The Kier molecular flexibility index (Phi) is 6.61. The molecule has 1 aromatic rings. The first kappa shape index (κ1) is 15.9. The topological polar surface area (TPSA) is 21.7 Å². The Balaban J connectivity index is 1.87. The summed E-state index contributed by atoms with van der Waals surface area (Å²) in [7, 11) is 1.69. The number of rotatable bonds is 6. The first-order valence-corrected chi connectivity index (χ1v) is 7.99. The van der Waals surface area contributed by atoms with Gasteiger partial charge in [-0.3, -0.25) is 4.90 Å². The Labute approximate surface area is 128 Å². The minimum atomic E-state index is 0.722. The van der Waals surface area contributed by atoms with Crippen molar-refractivity contribution in [1.82, 2.24) is 4.90 Å². The number of hydrogen-bond acceptors (Lipinski definition) is 3. The Morgan fingerprint density at radius 2 is 1.86 bits per heavy atom. The van der Waals surface area contributed by atoms with Crippen LogP contribution < -0.4 is 9.47 Å². The highest BCUT2D eigenvalue weighted by Crippen LogP contribution is 2.28. The normalized spacial score (nSPS) is 16.9. The fraction of sp³-hybridized carbons (Fsp3) is 0.556. The Morgan fingerprint density at radius 3 is 2.52 bits per heavy atom. The van der Waals surface area contributed by atoms with Crippen molar-refractivity contribution in [3.8, 4) is 11.5 Å². The molecule has 0 radical (unpaired) electrons. The SMILES string of the molecule is CC=Cc1ccc(OCCN2CCCCCC2)c(OC)c1. The Morgan fingerprint density at radius 1 is 1.10 bits per heavy atom. The molecule has 0 saturated carbocycles. The van der Waals surface area contributed by atoms with E-state index < -0.39 is 0 Å². The molecule has 0 unspecified atom stereocenters.